The lowest BCUT2D eigenvalue weighted by molar-refractivity contribution is -0.121. The van der Waals surface area contributed by atoms with E-state index in [4.69, 9.17) is 5.73 Å². The van der Waals surface area contributed by atoms with Gasteiger partial charge in [0.05, 0.1) is 0 Å². The minimum absolute atomic E-state index is 0.0325. The zero-order valence-corrected chi connectivity index (χ0v) is 16.3. The summed E-state index contributed by atoms with van der Waals surface area (Å²) in [7, 11) is 0. The number of aromatic nitrogens is 1. The first kappa shape index (κ1) is 20.7. The van der Waals surface area contributed by atoms with E-state index in [-0.39, 0.29) is 23.6 Å². The molecule has 0 aliphatic heterocycles. The van der Waals surface area contributed by atoms with E-state index >= 15 is 0 Å². The van der Waals surface area contributed by atoms with Crippen LogP contribution in [0.1, 0.15) is 25.3 Å². The van der Waals surface area contributed by atoms with Crippen LogP contribution in [-0.2, 0) is 11.2 Å². The van der Waals surface area contributed by atoms with Gasteiger partial charge in [-0.3, -0.25) is 4.79 Å². The van der Waals surface area contributed by atoms with Crippen LogP contribution in [0.25, 0.3) is 22.5 Å². The number of aryl methyl sites for hydroxylation is 1. The van der Waals surface area contributed by atoms with Crippen molar-refractivity contribution in [2.24, 2.45) is 5.73 Å². The van der Waals surface area contributed by atoms with Gasteiger partial charge < -0.3 is 16.0 Å². The molecule has 4 nitrogen and oxygen atoms in total. The maximum atomic E-state index is 13.3. The summed E-state index contributed by atoms with van der Waals surface area (Å²) in [6.45, 7) is 2.45. The first-order valence-electron chi connectivity index (χ1n) is 9.69. The van der Waals surface area contributed by atoms with Gasteiger partial charge in [-0.15, -0.1) is 0 Å². The van der Waals surface area contributed by atoms with E-state index in [9.17, 15) is 13.6 Å². The molecule has 2 aromatic carbocycles. The highest BCUT2D eigenvalue weighted by atomic mass is 19.1. The van der Waals surface area contributed by atoms with Crippen LogP contribution in [0.5, 0.6) is 0 Å². The summed E-state index contributed by atoms with van der Waals surface area (Å²) in [4.78, 5) is 15.6. The van der Waals surface area contributed by atoms with Gasteiger partial charge in [0.2, 0.25) is 5.91 Å². The molecule has 0 aliphatic rings. The van der Waals surface area contributed by atoms with Gasteiger partial charge in [0, 0.05) is 23.9 Å². The van der Waals surface area contributed by atoms with Gasteiger partial charge in [-0.2, -0.15) is 0 Å². The number of aromatic amines is 1. The maximum absolute atomic E-state index is 13.3. The molecule has 3 aromatic rings. The Morgan fingerprint density at radius 3 is 2.21 bits per heavy atom. The molecule has 0 radical (unpaired) electrons. The second-order valence-electron chi connectivity index (χ2n) is 7.14. The van der Waals surface area contributed by atoms with Crippen molar-refractivity contribution in [1.82, 2.24) is 10.3 Å². The van der Waals surface area contributed by atoms with Crippen LogP contribution in [0, 0.1) is 11.6 Å². The zero-order valence-electron chi connectivity index (χ0n) is 16.3. The third-order valence-electron chi connectivity index (χ3n) is 4.82. The average Bonchev–Trinajstić information content (AvgIpc) is 3.12. The number of nitrogens with one attached hydrogen (secondary N) is 2. The largest absolute Gasteiger partial charge is 0.354 e. The SMILES string of the molecule is CC(CCN)NC(=O)CCc1cc(-c2ccc(F)cc2)[nH]c1-c1ccc(F)cc1. The lowest BCUT2D eigenvalue weighted by Gasteiger charge is -2.12. The standard InChI is InChI=1S/C23H25F2N3O/c1-15(12-13-26)27-22(29)11-6-18-14-21(16-2-7-19(24)8-3-16)28-23(18)17-4-9-20(25)10-5-17/h2-5,7-10,14-15,28H,6,11-13,26H2,1H3,(H,27,29). The first-order chi connectivity index (χ1) is 14.0. The van der Waals surface area contributed by atoms with E-state index in [1.54, 1.807) is 24.3 Å². The predicted octanol–water partition coefficient (Wildman–Crippen LogP) is 4.41. The molecule has 0 fully saturated rings. The third kappa shape index (κ3) is 5.51. The predicted molar refractivity (Wildman–Crippen MR) is 111 cm³/mol. The van der Waals surface area contributed by atoms with E-state index in [2.05, 4.69) is 10.3 Å². The highest BCUT2D eigenvalue weighted by Crippen LogP contribution is 2.30. The smallest absolute Gasteiger partial charge is 0.220 e. The van der Waals surface area contributed by atoms with Crippen LogP contribution in [0.15, 0.2) is 54.6 Å². The molecule has 0 aliphatic carbocycles. The van der Waals surface area contributed by atoms with E-state index in [0.29, 0.717) is 19.4 Å². The summed E-state index contributed by atoms with van der Waals surface area (Å²) in [5, 5.41) is 2.94. The average molecular weight is 397 g/mol. The second-order valence-corrected chi connectivity index (χ2v) is 7.14. The summed E-state index contributed by atoms with van der Waals surface area (Å²) in [6, 6.07) is 14.4. The molecule has 1 heterocycles. The molecule has 6 heteroatoms. The summed E-state index contributed by atoms with van der Waals surface area (Å²) in [5.74, 6) is -0.656. The van der Waals surface area contributed by atoms with Crippen molar-refractivity contribution in [2.45, 2.75) is 32.2 Å². The quantitative estimate of drug-likeness (QED) is 0.527. The van der Waals surface area contributed by atoms with Crippen LogP contribution in [-0.4, -0.2) is 23.5 Å². The number of benzene rings is 2. The Balaban J connectivity index is 1.84. The Hall–Kier alpha value is -2.99. The lowest BCUT2D eigenvalue weighted by Crippen LogP contribution is -2.34. The van der Waals surface area contributed by atoms with Crippen LogP contribution in [0.4, 0.5) is 8.78 Å². The highest BCUT2D eigenvalue weighted by molar-refractivity contribution is 5.78. The molecule has 1 unspecified atom stereocenters. The van der Waals surface area contributed by atoms with Crippen molar-refractivity contribution in [2.75, 3.05) is 6.54 Å². The number of nitrogens with two attached hydrogens (primary N) is 1. The number of amides is 1. The van der Waals surface area contributed by atoms with E-state index in [1.807, 2.05) is 13.0 Å². The van der Waals surface area contributed by atoms with Gasteiger partial charge in [-0.05, 0) is 97.6 Å². The van der Waals surface area contributed by atoms with Crippen molar-refractivity contribution in [3.05, 3.63) is 71.8 Å². The van der Waals surface area contributed by atoms with Gasteiger partial charge >= 0.3 is 0 Å². The number of rotatable bonds is 8. The molecule has 1 atom stereocenters. The monoisotopic (exact) mass is 397 g/mol. The third-order valence-corrected chi connectivity index (χ3v) is 4.82. The normalized spacial score (nSPS) is 12.0. The summed E-state index contributed by atoms with van der Waals surface area (Å²) < 4.78 is 26.6. The van der Waals surface area contributed by atoms with Gasteiger partial charge in [0.15, 0.2) is 0 Å². The Labute approximate surface area is 169 Å². The van der Waals surface area contributed by atoms with Crippen molar-refractivity contribution < 1.29 is 13.6 Å². The highest BCUT2D eigenvalue weighted by Gasteiger charge is 2.14. The Bertz CT molecular complexity index is 949. The topological polar surface area (TPSA) is 70.9 Å². The molecule has 0 spiro atoms. The van der Waals surface area contributed by atoms with Crippen molar-refractivity contribution in [1.29, 1.82) is 0 Å². The number of carbonyl (C=O) groups is 1. The fraction of sp³-hybridized carbons (Fsp3) is 0.261. The minimum atomic E-state index is -0.311. The molecule has 0 saturated carbocycles. The second kappa shape index (κ2) is 9.47. The van der Waals surface area contributed by atoms with Gasteiger partial charge in [0.25, 0.3) is 0 Å². The van der Waals surface area contributed by atoms with E-state index in [1.165, 1.54) is 24.3 Å². The molecule has 3 rings (SSSR count). The van der Waals surface area contributed by atoms with Crippen LogP contribution >= 0.6 is 0 Å². The number of carbonyl (C=O) groups excluding carboxylic acids is 1. The summed E-state index contributed by atoms with van der Waals surface area (Å²) >= 11 is 0. The number of hydrogen-bond acceptors (Lipinski definition) is 2. The number of H-pyrrole nitrogens is 1. The van der Waals surface area contributed by atoms with Crippen molar-refractivity contribution in [3.8, 4) is 22.5 Å². The van der Waals surface area contributed by atoms with Gasteiger partial charge in [-0.1, -0.05) is 0 Å². The Morgan fingerprint density at radius 2 is 1.62 bits per heavy atom. The lowest BCUT2D eigenvalue weighted by atomic mass is 10.0. The molecule has 29 heavy (non-hydrogen) atoms. The molecular formula is C23H25F2N3O. The molecular weight excluding hydrogens is 372 g/mol. The first-order valence-corrected chi connectivity index (χ1v) is 9.69. The molecule has 4 N–H and O–H groups in total. The fourth-order valence-corrected chi connectivity index (χ4v) is 3.27. The summed E-state index contributed by atoms with van der Waals surface area (Å²) in [5.41, 5.74) is 9.77. The van der Waals surface area contributed by atoms with Crippen LogP contribution in [0.3, 0.4) is 0 Å². The van der Waals surface area contributed by atoms with Gasteiger partial charge in [0.1, 0.15) is 11.6 Å². The van der Waals surface area contributed by atoms with Crippen molar-refractivity contribution in [3.63, 3.8) is 0 Å². The number of hydrogen-bond donors (Lipinski definition) is 3. The van der Waals surface area contributed by atoms with Gasteiger partial charge in [-0.25, -0.2) is 8.78 Å². The van der Waals surface area contributed by atoms with E-state index < -0.39 is 0 Å². The maximum Gasteiger partial charge on any atom is 0.220 e. The zero-order chi connectivity index (χ0) is 20.8. The fourth-order valence-electron chi connectivity index (χ4n) is 3.27. The summed E-state index contributed by atoms with van der Waals surface area (Å²) in [6.07, 6.45) is 1.57. The molecule has 1 aromatic heterocycles. The molecule has 152 valence electrons. The Morgan fingerprint density at radius 1 is 1.03 bits per heavy atom. The number of halogens is 2. The minimum Gasteiger partial charge on any atom is -0.354 e. The molecule has 0 saturated heterocycles. The molecule has 1 amide bonds. The van der Waals surface area contributed by atoms with Crippen LogP contribution in [0.2, 0.25) is 0 Å². The molecule has 0 bridgehead atoms. The van der Waals surface area contributed by atoms with E-state index in [0.717, 1.165) is 34.5 Å². The van der Waals surface area contributed by atoms with Crippen LogP contribution < -0.4 is 11.1 Å². The Kier molecular flexibility index (Phi) is 6.77. The van der Waals surface area contributed by atoms with Crippen molar-refractivity contribution >= 4 is 5.91 Å².